The van der Waals surface area contributed by atoms with Gasteiger partial charge in [-0.3, -0.25) is 4.79 Å². The van der Waals surface area contributed by atoms with Crippen LogP contribution in [0.1, 0.15) is 40.5 Å². The number of rotatable bonds is 9. The van der Waals surface area contributed by atoms with E-state index in [-0.39, 0.29) is 16.7 Å². The Morgan fingerprint density at radius 3 is 2.29 bits per heavy atom. The highest BCUT2D eigenvalue weighted by atomic mass is 32.2. The molecule has 0 atom stereocenters. The van der Waals surface area contributed by atoms with Crippen LogP contribution in [0.5, 0.6) is 0 Å². The van der Waals surface area contributed by atoms with Gasteiger partial charge in [-0.15, -0.1) is 0 Å². The normalized spacial score (nSPS) is 15.3. The van der Waals surface area contributed by atoms with E-state index in [0.717, 1.165) is 18.5 Å². The SMILES string of the molecule is CCC(CC)C(=O)Nc1cc(S(=O)(=O)N(CC)CC)ccc1N1CCOCC1. The Labute approximate surface area is 169 Å². The average molecular weight is 412 g/mol. The fraction of sp³-hybridized carbons (Fsp3) is 0.650. The van der Waals surface area contributed by atoms with Crippen LogP contribution < -0.4 is 10.2 Å². The van der Waals surface area contributed by atoms with Gasteiger partial charge in [0.2, 0.25) is 15.9 Å². The molecule has 0 bridgehead atoms. The van der Waals surface area contributed by atoms with Crippen LogP contribution in [-0.4, -0.2) is 58.0 Å². The molecule has 1 aliphatic rings. The van der Waals surface area contributed by atoms with E-state index in [9.17, 15) is 13.2 Å². The van der Waals surface area contributed by atoms with E-state index in [0.29, 0.717) is 45.1 Å². The van der Waals surface area contributed by atoms with Crippen LogP contribution in [0.25, 0.3) is 0 Å². The van der Waals surface area contributed by atoms with Crippen molar-refractivity contribution in [3.8, 4) is 0 Å². The summed E-state index contributed by atoms with van der Waals surface area (Å²) in [4.78, 5) is 15.0. The highest BCUT2D eigenvalue weighted by Gasteiger charge is 2.25. The lowest BCUT2D eigenvalue weighted by molar-refractivity contribution is -0.120. The first-order valence-corrected chi connectivity index (χ1v) is 11.6. The number of morpholine rings is 1. The van der Waals surface area contributed by atoms with E-state index in [4.69, 9.17) is 4.74 Å². The Morgan fingerprint density at radius 1 is 1.14 bits per heavy atom. The molecule has 2 rings (SSSR count). The quantitative estimate of drug-likeness (QED) is 0.676. The number of anilines is 2. The maximum Gasteiger partial charge on any atom is 0.243 e. The largest absolute Gasteiger partial charge is 0.378 e. The number of benzene rings is 1. The first kappa shape index (κ1) is 22.6. The first-order valence-electron chi connectivity index (χ1n) is 10.2. The lowest BCUT2D eigenvalue weighted by Crippen LogP contribution is -2.37. The number of carbonyl (C=O) groups excluding carboxylic acids is 1. The topological polar surface area (TPSA) is 79.0 Å². The molecular formula is C20H33N3O4S. The van der Waals surface area contributed by atoms with Gasteiger partial charge in [0.25, 0.3) is 0 Å². The van der Waals surface area contributed by atoms with Gasteiger partial charge < -0.3 is 15.0 Å². The Bertz CT molecular complexity index is 753. The standard InChI is InChI=1S/C20H33N3O4S/c1-5-16(6-2)20(24)21-18-15-17(28(25,26)23(7-3)8-4)9-10-19(18)22-11-13-27-14-12-22/h9-10,15-16H,5-8,11-14H2,1-4H3,(H,21,24). The number of hydrogen-bond acceptors (Lipinski definition) is 5. The van der Waals surface area contributed by atoms with Crippen LogP contribution in [-0.2, 0) is 19.6 Å². The van der Waals surface area contributed by atoms with Crippen molar-refractivity contribution in [2.45, 2.75) is 45.4 Å². The minimum absolute atomic E-state index is 0.0723. The molecule has 7 nitrogen and oxygen atoms in total. The molecule has 1 aromatic rings. The van der Waals surface area contributed by atoms with E-state index in [2.05, 4.69) is 10.2 Å². The number of nitrogens with one attached hydrogen (secondary N) is 1. The summed E-state index contributed by atoms with van der Waals surface area (Å²) < 4.78 is 32.7. The van der Waals surface area contributed by atoms with Gasteiger partial charge in [-0.05, 0) is 31.0 Å². The van der Waals surface area contributed by atoms with E-state index in [1.54, 1.807) is 18.2 Å². The molecule has 1 heterocycles. The summed E-state index contributed by atoms with van der Waals surface area (Å²) in [5.41, 5.74) is 1.38. The zero-order valence-electron chi connectivity index (χ0n) is 17.4. The van der Waals surface area contributed by atoms with Crippen LogP contribution >= 0.6 is 0 Å². The smallest absolute Gasteiger partial charge is 0.243 e. The third-order valence-corrected chi connectivity index (χ3v) is 7.32. The first-order chi connectivity index (χ1) is 13.4. The van der Waals surface area contributed by atoms with Gasteiger partial charge >= 0.3 is 0 Å². The summed E-state index contributed by atoms with van der Waals surface area (Å²) in [5.74, 6) is -0.169. The van der Waals surface area contributed by atoms with Gasteiger partial charge in [0.15, 0.2) is 0 Å². The molecule has 1 amide bonds. The lowest BCUT2D eigenvalue weighted by Gasteiger charge is -2.31. The highest BCUT2D eigenvalue weighted by Crippen LogP contribution is 2.31. The highest BCUT2D eigenvalue weighted by molar-refractivity contribution is 7.89. The van der Waals surface area contributed by atoms with E-state index >= 15 is 0 Å². The van der Waals surface area contributed by atoms with E-state index in [1.807, 2.05) is 27.7 Å². The van der Waals surface area contributed by atoms with Crippen molar-refractivity contribution in [1.82, 2.24) is 4.31 Å². The Hall–Kier alpha value is -1.64. The number of ether oxygens (including phenoxy) is 1. The summed E-state index contributed by atoms with van der Waals surface area (Å²) in [6.45, 7) is 11.0. The molecule has 0 aliphatic carbocycles. The summed E-state index contributed by atoms with van der Waals surface area (Å²) in [6, 6.07) is 5.02. The fourth-order valence-corrected chi connectivity index (χ4v) is 4.95. The number of amides is 1. The number of carbonyl (C=O) groups is 1. The predicted octanol–water partition coefficient (Wildman–Crippen LogP) is 2.93. The maximum atomic E-state index is 12.9. The molecular weight excluding hydrogens is 378 g/mol. The molecule has 158 valence electrons. The summed E-state index contributed by atoms with van der Waals surface area (Å²) in [5, 5.41) is 2.99. The average Bonchev–Trinajstić information content (AvgIpc) is 2.70. The Morgan fingerprint density at radius 2 is 1.75 bits per heavy atom. The second kappa shape index (κ2) is 10.2. The van der Waals surface area contributed by atoms with Crippen molar-refractivity contribution in [2.75, 3.05) is 49.6 Å². The maximum absolute atomic E-state index is 12.9. The number of hydrogen-bond donors (Lipinski definition) is 1. The van der Waals surface area contributed by atoms with Gasteiger partial charge in [0, 0.05) is 32.1 Å². The molecule has 0 spiro atoms. The van der Waals surface area contributed by atoms with E-state index in [1.165, 1.54) is 4.31 Å². The molecule has 0 saturated carbocycles. The van der Waals surface area contributed by atoms with Crippen LogP contribution in [0.4, 0.5) is 11.4 Å². The van der Waals surface area contributed by atoms with Crippen molar-refractivity contribution < 1.29 is 17.9 Å². The number of sulfonamides is 1. The molecule has 0 aromatic heterocycles. The molecule has 1 aromatic carbocycles. The van der Waals surface area contributed by atoms with Crippen LogP contribution in [0.3, 0.4) is 0 Å². The van der Waals surface area contributed by atoms with E-state index < -0.39 is 10.0 Å². The Kier molecular flexibility index (Phi) is 8.27. The van der Waals surface area contributed by atoms with Crippen molar-refractivity contribution in [3.05, 3.63) is 18.2 Å². The zero-order chi connectivity index (χ0) is 20.7. The van der Waals surface area contributed by atoms with Crippen molar-refractivity contribution >= 4 is 27.3 Å². The Balaban J connectivity index is 2.45. The third kappa shape index (κ3) is 5.04. The second-order valence-electron chi connectivity index (χ2n) is 6.87. The summed E-state index contributed by atoms with van der Waals surface area (Å²) in [6.07, 6.45) is 1.49. The molecule has 8 heteroatoms. The molecule has 1 aliphatic heterocycles. The molecule has 0 unspecified atom stereocenters. The summed E-state index contributed by atoms with van der Waals surface area (Å²) in [7, 11) is -3.60. The molecule has 1 N–H and O–H groups in total. The number of nitrogens with zero attached hydrogens (tertiary/aromatic N) is 2. The lowest BCUT2D eigenvalue weighted by atomic mass is 10.0. The second-order valence-corrected chi connectivity index (χ2v) is 8.81. The molecule has 1 saturated heterocycles. The fourth-order valence-electron chi connectivity index (χ4n) is 3.46. The van der Waals surface area contributed by atoms with Crippen molar-refractivity contribution in [1.29, 1.82) is 0 Å². The van der Waals surface area contributed by atoms with Crippen LogP contribution in [0.15, 0.2) is 23.1 Å². The van der Waals surface area contributed by atoms with Gasteiger partial charge in [0.05, 0.1) is 29.5 Å². The molecule has 0 radical (unpaired) electrons. The van der Waals surface area contributed by atoms with Crippen LogP contribution in [0.2, 0.25) is 0 Å². The summed E-state index contributed by atoms with van der Waals surface area (Å²) >= 11 is 0. The van der Waals surface area contributed by atoms with Gasteiger partial charge in [-0.25, -0.2) is 8.42 Å². The molecule has 28 heavy (non-hydrogen) atoms. The minimum Gasteiger partial charge on any atom is -0.378 e. The van der Waals surface area contributed by atoms with Crippen molar-refractivity contribution in [2.24, 2.45) is 5.92 Å². The predicted molar refractivity (Wildman–Crippen MR) is 112 cm³/mol. The third-order valence-electron chi connectivity index (χ3n) is 5.28. The van der Waals surface area contributed by atoms with Crippen molar-refractivity contribution in [3.63, 3.8) is 0 Å². The minimum atomic E-state index is -3.60. The van der Waals surface area contributed by atoms with Gasteiger partial charge in [-0.1, -0.05) is 27.7 Å². The monoisotopic (exact) mass is 411 g/mol. The zero-order valence-corrected chi connectivity index (χ0v) is 18.2. The van der Waals surface area contributed by atoms with Gasteiger partial charge in [-0.2, -0.15) is 4.31 Å². The van der Waals surface area contributed by atoms with Crippen LogP contribution in [0, 0.1) is 5.92 Å². The molecule has 1 fully saturated rings. The van der Waals surface area contributed by atoms with Gasteiger partial charge in [0.1, 0.15) is 0 Å².